The predicted molar refractivity (Wildman–Crippen MR) is 95.6 cm³/mol. The van der Waals surface area contributed by atoms with Gasteiger partial charge < -0.3 is 10.2 Å². The van der Waals surface area contributed by atoms with Gasteiger partial charge in [0.1, 0.15) is 0 Å². The maximum absolute atomic E-state index is 13.0. The number of carbonyl (C=O) groups excluding carboxylic acids is 1. The Kier molecular flexibility index (Phi) is 4.11. The number of hydrogen-bond acceptors (Lipinski definition) is 2. The highest BCUT2D eigenvalue weighted by Gasteiger charge is 2.46. The van der Waals surface area contributed by atoms with Crippen LogP contribution in [0.2, 0.25) is 0 Å². The Morgan fingerprint density at radius 1 is 1.08 bits per heavy atom. The van der Waals surface area contributed by atoms with Gasteiger partial charge in [-0.05, 0) is 29.5 Å². The van der Waals surface area contributed by atoms with Gasteiger partial charge in [-0.15, -0.1) is 0 Å². The van der Waals surface area contributed by atoms with Crippen molar-refractivity contribution < 1.29 is 4.79 Å². The molecule has 0 unspecified atom stereocenters. The molecule has 2 aromatic rings. The summed E-state index contributed by atoms with van der Waals surface area (Å²) in [5, 5.41) is 3.51. The zero-order valence-corrected chi connectivity index (χ0v) is 14.1. The molecule has 0 bridgehead atoms. The van der Waals surface area contributed by atoms with Crippen LogP contribution < -0.4 is 5.32 Å². The molecule has 0 aliphatic carbocycles. The molecule has 3 heteroatoms. The average molecular weight is 320 g/mol. The zero-order chi connectivity index (χ0) is 16.5. The van der Waals surface area contributed by atoms with Crippen LogP contribution in [0.15, 0.2) is 54.6 Å². The summed E-state index contributed by atoms with van der Waals surface area (Å²) in [6, 6.07) is 18.8. The van der Waals surface area contributed by atoms with Gasteiger partial charge in [0.2, 0.25) is 5.91 Å². The van der Waals surface area contributed by atoms with Crippen molar-refractivity contribution in [1.82, 2.24) is 10.2 Å². The molecule has 2 saturated heterocycles. The van der Waals surface area contributed by atoms with Gasteiger partial charge >= 0.3 is 0 Å². The van der Waals surface area contributed by atoms with Crippen molar-refractivity contribution in [2.45, 2.75) is 19.4 Å². The first kappa shape index (κ1) is 15.4. The molecule has 2 fully saturated rings. The van der Waals surface area contributed by atoms with Crippen molar-refractivity contribution >= 4 is 5.91 Å². The van der Waals surface area contributed by atoms with E-state index in [-0.39, 0.29) is 11.9 Å². The highest BCUT2D eigenvalue weighted by atomic mass is 16.2. The van der Waals surface area contributed by atoms with Gasteiger partial charge in [-0.3, -0.25) is 4.79 Å². The normalized spacial score (nSPS) is 25.7. The molecule has 0 spiro atoms. The third kappa shape index (κ3) is 2.73. The van der Waals surface area contributed by atoms with E-state index in [4.69, 9.17) is 0 Å². The number of amides is 1. The van der Waals surface area contributed by atoms with Crippen LogP contribution in [0, 0.1) is 18.8 Å². The van der Waals surface area contributed by atoms with Crippen molar-refractivity contribution in [3.63, 3.8) is 0 Å². The molecule has 4 rings (SSSR count). The summed E-state index contributed by atoms with van der Waals surface area (Å²) in [6.45, 7) is 5.08. The van der Waals surface area contributed by atoms with Gasteiger partial charge in [0, 0.05) is 25.6 Å². The smallest absolute Gasteiger partial charge is 0.227 e. The van der Waals surface area contributed by atoms with E-state index in [0.29, 0.717) is 18.3 Å². The molecule has 1 N–H and O–H groups in total. The lowest BCUT2D eigenvalue weighted by Crippen LogP contribution is -2.36. The van der Waals surface area contributed by atoms with Crippen molar-refractivity contribution in [3.05, 3.63) is 71.3 Å². The minimum absolute atomic E-state index is 0.211. The van der Waals surface area contributed by atoms with Crippen LogP contribution in [0.4, 0.5) is 0 Å². The largest absolute Gasteiger partial charge is 0.335 e. The molecular weight excluding hydrogens is 296 g/mol. The number of aryl methyl sites for hydroxylation is 1. The number of hydrogen-bond donors (Lipinski definition) is 1. The Morgan fingerprint density at radius 2 is 1.83 bits per heavy atom. The van der Waals surface area contributed by atoms with E-state index in [1.54, 1.807) is 0 Å². The molecule has 1 amide bonds. The predicted octanol–water partition coefficient (Wildman–Crippen LogP) is 2.96. The van der Waals surface area contributed by atoms with E-state index in [9.17, 15) is 4.79 Å². The van der Waals surface area contributed by atoms with Crippen LogP contribution in [0.5, 0.6) is 0 Å². The Balaban J connectivity index is 1.63. The van der Waals surface area contributed by atoms with Gasteiger partial charge in [0.25, 0.3) is 0 Å². The average Bonchev–Trinajstić information content (AvgIpc) is 3.17. The lowest BCUT2D eigenvalue weighted by molar-refractivity contribution is -0.131. The zero-order valence-electron chi connectivity index (χ0n) is 14.1. The number of likely N-dealkylation sites (tertiary alicyclic amines) is 1. The second kappa shape index (κ2) is 6.40. The molecule has 3 atom stereocenters. The third-order valence-electron chi connectivity index (χ3n) is 5.59. The lowest BCUT2D eigenvalue weighted by atomic mass is 9.87. The highest BCUT2D eigenvalue weighted by Crippen LogP contribution is 2.43. The monoisotopic (exact) mass is 320 g/mol. The van der Waals surface area contributed by atoms with E-state index in [1.807, 2.05) is 30.3 Å². The van der Waals surface area contributed by atoms with Gasteiger partial charge in [-0.2, -0.15) is 0 Å². The Hall–Kier alpha value is -2.13. The maximum atomic E-state index is 13.0. The van der Waals surface area contributed by atoms with Crippen LogP contribution in [0.3, 0.4) is 0 Å². The van der Waals surface area contributed by atoms with E-state index < -0.39 is 0 Å². The fraction of sp³-hybridized carbons (Fsp3) is 0.381. The number of nitrogens with zero attached hydrogens (tertiary/aromatic N) is 1. The van der Waals surface area contributed by atoms with Crippen LogP contribution in [-0.2, 0) is 11.2 Å². The molecular formula is C21H24N2O. The van der Waals surface area contributed by atoms with Gasteiger partial charge in [0.15, 0.2) is 0 Å². The fourth-order valence-electron chi connectivity index (χ4n) is 4.37. The summed E-state index contributed by atoms with van der Waals surface area (Å²) in [6.07, 6.45) is 0.496. The number of rotatable bonds is 3. The molecule has 2 aromatic carbocycles. The Bertz CT molecular complexity index is 728. The van der Waals surface area contributed by atoms with Gasteiger partial charge in [-0.25, -0.2) is 0 Å². The van der Waals surface area contributed by atoms with Crippen molar-refractivity contribution in [3.8, 4) is 0 Å². The summed E-state index contributed by atoms with van der Waals surface area (Å²) in [7, 11) is 0. The molecule has 2 aliphatic heterocycles. The van der Waals surface area contributed by atoms with Crippen molar-refractivity contribution in [2.75, 3.05) is 19.6 Å². The minimum atomic E-state index is 0.211. The molecule has 2 aliphatic rings. The van der Waals surface area contributed by atoms with E-state index in [0.717, 1.165) is 25.2 Å². The first-order valence-corrected chi connectivity index (χ1v) is 8.83. The third-order valence-corrected chi connectivity index (χ3v) is 5.59. The molecule has 24 heavy (non-hydrogen) atoms. The number of benzene rings is 2. The number of fused-ring (bicyclic) bond motifs is 1. The van der Waals surface area contributed by atoms with E-state index >= 15 is 0 Å². The quantitative estimate of drug-likeness (QED) is 0.943. The lowest BCUT2D eigenvalue weighted by Gasteiger charge is -2.29. The summed E-state index contributed by atoms with van der Waals surface area (Å²) in [4.78, 5) is 15.2. The fourth-order valence-corrected chi connectivity index (χ4v) is 4.37. The molecule has 2 heterocycles. The highest BCUT2D eigenvalue weighted by molar-refractivity contribution is 5.79. The van der Waals surface area contributed by atoms with Crippen LogP contribution >= 0.6 is 0 Å². The maximum Gasteiger partial charge on any atom is 0.227 e. The summed E-state index contributed by atoms with van der Waals surface area (Å²) >= 11 is 0. The molecule has 0 saturated carbocycles. The Labute approximate surface area is 143 Å². The molecule has 0 aromatic heterocycles. The Morgan fingerprint density at radius 3 is 2.62 bits per heavy atom. The van der Waals surface area contributed by atoms with E-state index in [2.05, 4.69) is 41.4 Å². The molecule has 3 nitrogen and oxygen atoms in total. The topological polar surface area (TPSA) is 32.3 Å². The first-order valence-electron chi connectivity index (χ1n) is 8.83. The standard InChI is InChI=1S/C21H24N2O/c1-15-7-5-6-10-18(15)21-19-13-22-12-17(19)14-23(21)20(24)11-16-8-3-2-4-9-16/h2-10,17,19,21-22H,11-14H2,1H3/t17-,19-,21+/m0/s1. The summed E-state index contributed by atoms with van der Waals surface area (Å²) < 4.78 is 0. The first-order chi connectivity index (χ1) is 11.7. The molecule has 124 valence electrons. The van der Waals surface area contributed by atoms with Crippen molar-refractivity contribution in [2.24, 2.45) is 11.8 Å². The van der Waals surface area contributed by atoms with Crippen molar-refractivity contribution in [1.29, 1.82) is 0 Å². The second-order valence-corrected chi connectivity index (χ2v) is 7.09. The number of carbonyl (C=O) groups is 1. The van der Waals surface area contributed by atoms with Crippen LogP contribution in [0.1, 0.15) is 22.7 Å². The SMILES string of the molecule is Cc1ccccc1[C@@H]1[C@H]2CNC[C@H]2CN1C(=O)Cc1ccccc1. The summed E-state index contributed by atoms with van der Waals surface area (Å²) in [5.74, 6) is 1.36. The van der Waals surface area contributed by atoms with Crippen LogP contribution in [-0.4, -0.2) is 30.4 Å². The number of nitrogens with one attached hydrogen (secondary N) is 1. The van der Waals surface area contributed by atoms with Gasteiger partial charge in [-0.1, -0.05) is 54.6 Å². The van der Waals surface area contributed by atoms with E-state index in [1.165, 1.54) is 11.1 Å². The summed E-state index contributed by atoms with van der Waals surface area (Å²) in [5.41, 5.74) is 3.70. The molecule has 0 radical (unpaired) electrons. The minimum Gasteiger partial charge on any atom is -0.335 e. The second-order valence-electron chi connectivity index (χ2n) is 7.09. The van der Waals surface area contributed by atoms with Crippen LogP contribution in [0.25, 0.3) is 0 Å². The van der Waals surface area contributed by atoms with Gasteiger partial charge in [0.05, 0.1) is 12.5 Å².